The molecule has 0 saturated carbocycles. The second-order valence-corrected chi connectivity index (χ2v) is 4.74. The highest BCUT2D eigenvalue weighted by Crippen LogP contribution is 2.15. The highest BCUT2D eigenvalue weighted by molar-refractivity contribution is 5.94. The van der Waals surface area contributed by atoms with E-state index in [1.54, 1.807) is 6.07 Å². The van der Waals surface area contributed by atoms with Crippen LogP contribution in [0.4, 0.5) is 4.39 Å². The van der Waals surface area contributed by atoms with Gasteiger partial charge < -0.3 is 14.9 Å². The Hall–Kier alpha value is -3.20. The Morgan fingerprint density at radius 1 is 1.21 bits per heavy atom. The summed E-state index contributed by atoms with van der Waals surface area (Å²) in [6.45, 7) is -0.454. The lowest BCUT2D eigenvalue weighted by Gasteiger charge is -2.12. The van der Waals surface area contributed by atoms with Gasteiger partial charge in [0.2, 0.25) is 11.6 Å². The largest absolute Gasteiger partial charge is 0.394 e. The first-order chi connectivity index (χ1) is 11.7. The molecule has 24 heavy (non-hydrogen) atoms. The number of nitrogens with zero attached hydrogens (tertiary/aromatic N) is 4. The molecule has 122 valence electrons. The molecule has 0 aliphatic carbocycles. The van der Waals surface area contributed by atoms with Crippen LogP contribution in [-0.4, -0.2) is 37.7 Å². The molecule has 0 aliphatic heterocycles. The summed E-state index contributed by atoms with van der Waals surface area (Å²) >= 11 is 0. The van der Waals surface area contributed by atoms with Crippen LogP contribution in [0.2, 0.25) is 0 Å². The number of aromatic nitrogens is 4. The van der Waals surface area contributed by atoms with Crippen molar-refractivity contribution in [2.24, 2.45) is 0 Å². The summed E-state index contributed by atoms with van der Waals surface area (Å²) in [7, 11) is 0. The summed E-state index contributed by atoms with van der Waals surface area (Å²) in [6.07, 6.45) is 3.05. The Morgan fingerprint density at radius 2 is 1.92 bits per heavy atom. The number of carbonyl (C=O) groups is 1. The zero-order valence-electron chi connectivity index (χ0n) is 12.3. The summed E-state index contributed by atoms with van der Waals surface area (Å²) in [5, 5.41) is 15.7. The first-order valence-corrected chi connectivity index (χ1v) is 6.95. The Morgan fingerprint density at radius 3 is 2.58 bits per heavy atom. The standard InChI is InChI=1S/C15H12FN5O3/c16-10-4-2-9(3-5-10)14(23)19-11(8-22)15-20-13(21-24-15)12-17-6-1-7-18-12/h1-7,11,22H,8H2,(H,19,23)/t11-/m0/s1. The highest BCUT2D eigenvalue weighted by atomic mass is 19.1. The first-order valence-electron chi connectivity index (χ1n) is 6.95. The zero-order chi connectivity index (χ0) is 16.9. The third-order valence-corrected chi connectivity index (χ3v) is 3.10. The average molecular weight is 329 g/mol. The van der Waals surface area contributed by atoms with E-state index >= 15 is 0 Å². The predicted octanol–water partition coefficient (Wildman–Crippen LogP) is 1.13. The molecule has 0 bridgehead atoms. The van der Waals surface area contributed by atoms with E-state index in [9.17, 15) is 14.3 Å². The van der Waals surface area contributed by atoms with Crippen LogP contribution in [0, 0.1) is 5.82 Å². The predicted molar refractivity (Wildman–Crippen MR) is 79.0 cm³/mol. The molecular formula is C15H12FN5O3. The highest BCUT2D eigenvalue weighted by Gasteiger charge is 2.22. The van der Waals surface area contributed by atoms with Crippen molar-refractivity contribution in [2.75, 3.05) is 6.61 Å². The van der Waals surface area contributed by atoms with Gasteiger partial charge in [0.1, 0.15) is 11.9 Å². The minimum absolute atomic E-state index is 0.00964. The summed E-state index contributed by atoms with van der Waals surface area (Å²) < 4.78 is 17.9. The number of amides is 1. The number of hydrogen-bond acceptors (Lipinski definition) is 7. The topological polar surface area (TPSA) is 114 Å². The van der Waals surface area contributed by atoms with E-state index in [2.05, 4.69) is 25.4 Å². The molecule has 2 heterocycles. The minimum atomic E-state index is -0.910. The molecule has 0 unspecified atom stereocenters. The van der Waals surface area contributed by atoms with Crippen LogP contribution in [0.3, 0.4) is 0 Å². The van der Waals surface area contributed by atoms with Crippen molar-refractivity contribution in [3.8, 4) is 11.6 Å². The number of carbonyl (C=O) groups excluding carboxylic acids is 1. The van der Waals surface area contributed by atoms with Gasteiger partial charge in [-0.15, -0.1) is 0 Å². The van der Waals surface area contributed by atoms with Crippen LogP contribution >= 0.6 is 0 Å². The first kappa shape index (κ1) is 15.7. The van der Waals surface area contributed by atoms with E-state index in [0.29, 0.717) is 0 Å². The van der Waals surface area contributed by atoms with Gasteiger partial charge in [-0.1, -0.05) is 5.16 Å². The molecule has 2 N–H and O–H groups in total. The Balaban J connectivity index is 1.76. The number of aliphatic hydroxyl groups excluding tert-OH is 1. The normalized spacial score (nSPS) is 11.9. The van der Waals surface area contributed by atoms with Crippen LogP contribution in [0.25, 0.3) is 11.6 Å². The SMILES string of the molecule is O=C(N[C@@H](CO)c1nc(-c2ncccn2)no1)c1ccc(F)cc1. The van der Waals surface area contributed by atoms with Crippen molar-refractivity contribution in [3.05, 3.63) is 60.0 Å². The van der Waals surface area contributed by atoms with Gasteiger partial charge in [-0.2, -0.15) is 4.98 Å². The van der Waals surface area contributed by atoms with E-state index in [4.69, 9.17) is 4.52 Å². The summed E-state index contributed by atoms with van der Waals surface area (Å²) in [5.74, 6) is -0.552. The van der Waals surface area contributed by atoms with E-state index in [1.807, 2.05) is 0 Å². The van der Waals surface area contributed by atoms with Gasteiger partial charge in [-0.25, -0.2) is 14.4 Å². The molecule has 1 aromatic carbocycles. The van der Waals surface area contributed by atoms with Gasteiger partial charge in [-0.05, 0) is 30.3 Å². The fourth-order valence-corrected chi connectivity index (χ4v) is 1.91. The van der Waals surface area contributed by atoms with Crippen LogP contribution in [-0.2, 0) is 0 Å². The van der Waals surface area contributed by atoms with E-state index < -0.39 is 24.4 Å². The molecule has 0 spiro atoms. The molecule has 3 rings (SSSR count). The molecule has 0 aliphatic rings. The lowest BCUT2D eigenvalue weighted by atomic mass is 10.2. The zero-order valence-corrected chi connectivity index (χ0v) is 12.3. The van der Waals surface area contributed by atoms with Crippen molar-refractivity contribution >= 4 is 5.91 Å². The van der Waals surface area contributed by atoms with Crippen molar-refractivity contribution in [1.29, 1.82) is 0 Å². The molecule has 1 atom stereocenters. The van der Waals surface area contributed by atoms with Crippen molar-refractivity contribution < 1.29 is 18.8 Å². The number of rotatable bonds is 5. The fourth-order valence-electron chi connectivity index (χ4n) is 1.91. The quantitative estimate of drug-likeness (QED) is 0.721. The Bertz CT molecular complexity index is 823. The van der Waals surface area contributed by atoms with Crippen LogP contribution < -0.4 is 5.32 Å². The summed E-state index contributed by atoms with van der Waals surface area (Å²) in [5.41, 5.74) is 0.237. The van der Waals surface area contributed by atoms with Crippen LogP contribution in [0.1, 0.15) is 22.3 Å². The minimum Gasteiger partial charge on any atom is -0.394 e. The maximum Gasteiger partial charge on any atom is 0.252 e. The van der Waals surface area contributed by atoms with E-state index in [0.717, 1.165) is 0 Å². The summed E-state index contributed by atoms with van der Waals surface area (Å²) in [4.78, 5) is 24.2. The Labute approximate surface area is 135 Å². The lowest BCUT2D eigenvalue weighted by molar-refractivity contribution is 0.0901. The number of nitrogens with one attached hydrogen (secondary N) is 1. The van der Waals surface area contributed by atoms with Gasteiger partial charge in [-0.3, -0.25) is 4.79 Å². The number of hydrogen-bond donors (Lipinski definition) is 2. The molecule has 0 fully saturated rings. The van der Waals surface area contributed by atoms with E-state index in [1.165, 1.54) is 36.7 Å². The second kappa shape index (κ2) is 6.92. The molecular weight excluding hydrogens is 317 g/mol. The monoisotopic (exact) mass is 329 g/mol. The number of benzene rings is 1. The van der Waals surface area contributed by atoms with Crippen molar-refractivity contribution in [3.63, 3.8) is 0 Å². The van der Waals surface area contributed by atoms with Gasteiger partial charge >= 0.3 is 0 Å². The van der Waals surface area contributed by atoms with Gasteiger partial charge in [0.15, 0.2) is 0 Å². The van der Waals surface area contributed by atoms with Crippen molar-refractivity contribution in [1.82, 2.24) is 25.4 Å². The molecule has 9 heteroatoms. The average Bonchev–Trinajstić information content (AvgIpc) is 3.11. The smallest absolute Gasteiger partial charge is 0.252 e. The molecule has 8 nitrogen and oxygen atoms in total. The van der Waals surface area contributed by atoms with Crippen LogP contribution in [0.15, 0.2) is 47.2 Å². The maximum absolute atomic E-state index is 12.9. The van der Waals surface area contributed by atoms with E-state index in [-0.39, 0.29) is 23.1 Å². The second-order valence-electron chi connectivity index (χ2n) is 4.74. The molecule has 3 aromatic rings. The van der Waals surface area contributed by atoms with Crippen molar-refractivity contribution in [2.45, 2.75) is 6.04 Å². The fraction of sp³-hybridized carbons (Fsp3) is 0.133. The maximum atomic E-state index is 12.9. The third-order valence-electron chi connectivity index (χ3n) is 3.10. The Kier molecular flexibility index (Phi) is 4.52. The van der Waals surface area contributed by atoms with Crippen LogP contribution in [0.5, 0.6) is 0 Å². The lowest BCUT2D eigenvalue weighted by Crippen LogP contribution is -2.31. The third kappa shape index (κ3) is 3.41. The molecule has 0 radical (unpaired) electrons. The van der Waals surface area contributed by atoms with Gasteiger partial charge in [0, 0.05) is 18.0 Å². The molecule has 0 saturated heterocycles. The summed E-state index contributed by atoms with van der Waals surface area (Å²) in [6, 6.07) is 5.73. The van der Waals surface area contributed by atoms with Gasteiger partial charge in [0.25, 0.3) is 11.8 Å². The number of aliphatic hydroxyl groups is 1. The molecule has 1 amide bonds. The number of halogens is 1. The van der Waals surface area contributed by atoms with Gasteiger partial charge in [0.05, 0.1) is 6.61 Å². The molecule has 2 aromatic heterocycles.